The number of nitrogens with zero attached hydrogens (tertiary/aromatic N) is 2. The van der Waals surface area contributed by atoms with Crippen LogP contribution < -0.4 is 0 Å². The molecule has 2 nitrogen and oxygen atoms in total. The second-order valence-electron chi connectivity index (χ2n) is 9.87. The van der Waals surface area contributed by atoms with Gasteiger partial charge >= 0.3 is 0 Å². The lowest BCUT2D eigenvalue weighted by atomic mass is 9.69. The summed E-state index contributed by atoms with van der Waals surface area (Å²) in [5, 5.41) is 3.76. The number of rotatable bonds is 1. The second kappa shape index (κ2) is 5.64. The van der Waals surface area contributed by atoms with E-state index in [1.54, 1.807) is 6.33 Å². The van der Waals surface area contributed by atoms with Crippen molar-refractivity contribution in [2.75, 3.05) is 0 Å². The summed E-state index contributed by atoms with van der Waals surface area (Å²) in [6.07, 6.45) is 2.76. The molecule has 4 aromatic rings. The van der Waals surface area contributed by atoms with Crippen LogP contribution in [0.4, 0.5) is 0 Å². The normalized spacial score (nSPS) is 15.0. The summed E-state index contributed by atoms with van der Waals surface area (Å²) in [6, 6.07) is 17.9. The molecule has 0 unspecified atom stereocenters. The lowest BCUT2D eigenvalue weighted by Gasteiger charge is -2.35. The van der Waals surface area contributed by atoms with Crippen molar-refractivity contribution in [1.29, 1.82) is 0 Å². The van der Waals surface area contributed by atoms with Crippen LogP contribution in [0.1, 0.15) is 51.3 Å². The average molecular weight is 367 g/mol. The summed E-state index contributed by atoms with van der Waals surface area (Å²) in [4.78, 5) is 9.41. The molecule has 3 aromatic carbocycles. The van der Waals surface area contributed by atoms with Gasteiger partial charge in [0.1, 0.15) is 6.33 Å². The van der Waals surface area contributed by atoms with Crippen LogP contribution in [-0.4, -0.2) is 9.97 Å². The maximum absolute atomic E-state index is 4.74. The van der Waals surface area contributed by atoms with Crippen molar-refractivity contribution in [3.8, 4) is 11.3 Å². The Hall–Kier alpha value is -2.74. The molecule has 0 bridgehead atoms. The molecule has 140 valence electrons. The highest BCUT2D eigenvalue weighted by Gasteiger charge is 2.35. The highest BCUT2D eigenvalue weighted by Crippen LogP contribution is 2.49. The third-order valence-corrected chi connectivity index (χ3v) is 6.02. The van der Waals surface area contributed by atoms with Crippen molar-refractivity contribution in [2.24, 2.45) is 5.41 Å². The Morgan fingerprint density at radius 3 is 2.29 bits per heavy atom. The molecule has 1 heterocycles. The van der Waals surface area contributed by atoms with Crippen LogP contribution in [0.2, 0.25) is 0 Å². The largest absolute Gasteiger partial charge is 0.236 e. The van der Waals surface area contributed by atoms with E-state index in [4.69, 9.17) is 4.98 Å². The minimum Gasteiger partial charge on any atom is -0.236 e. The fraction of sp³-hybridized carbons (Fsp3) is 0.308. The highest BCUT2D eigenvalue weighted by atomic mass is 14.8. The fourth-order valence-electron chi connectivity index (χ4n) is 4.76. The first kappa shape index (κ1) is 17.4. The standard InChI is InChI=1S/C26H26N2/c1-25(2,3)14-16-10-21-23-22(11-16)27-15-28-24(23)19-12-17-8-6-7-9-18(17)13-20(19)26(21,4)5/h6-13,15H,14H2,1-5H3. The average Bonchev–Trinajstić information content (AvgIpc) is 2.63. The van der Waals surface area contributed by atoms with E-state index in [9.17, 15) is 0 Å². The van der Waals surface area contributed by atoms with Crippen molar-refractivity contribution in [1.82, 2.24) is 9.97 Å². The zero-order valence-corrected chi connectivity index (χ0v) is 17.3. The number of benzene rings is 3. The summed E-state index contributed by atoms with van der Waals surface area (Å²) in [5.41, 5.74) is 7.58. The number of hydrogen-bond acceptors (Lipinski definition) is 2. The zero-order valence-electron chi connectivity index (χ0n) is 17.3. The van der Waals surface area contributed by atoms with E-state index < -0.39 is 0 Å². The highest BCUT2D eigenvalue weighted by molar-refractivity contribution is 6.02. The molecule has 0 atom stereocenters. The SMILES string of the molecule is CC(C)(C)Cc1cc2c3c(ncnc3c1)-c1cc3ccccc3cc1C2(C)C. The molecule has 28 heavy (non-hydrogen) atoms. The smallest absolute Gasteiger partial charge is 0.116 e. The summed E-state index contributed by atoms with van der Waals surface area (Å²) in [5.74, 6) is 0. The molecule has 5 rings (SSSR count). The zero-order chi connectivity index (χ0) is 19.7. The van der Waals surface area contributed by atoms with Gasteiger partial charge in [-0.3, -0.25) is 0 Å². The fourth-order valence-corrected chi connectivity index (χ4v) is 4.76. The molecular weight excluding hydrogens is 340 g/mol. The van der Waals surface area contributed by atoms with Gasteiger partial charge in [0.25, 0.3) is 0 Å². The number of aromatic nitrogens is 2. The van der Waals surface area contributed by atoms with E-state index in [2.05, 4.69) is 88.1 Å². The minimum atomic E-state index is -0.0940. The van der Waals surface area contributed by atoms with Gasteiger partial charge < -0.3 is 0 Å². The van der Waals surface area contributed by atoms with E-state index in [1.807, 2.05) is 0 Å². The Labute approximate surface area is 166 Å². The molecular formula is C26H26N2. The lowest BCUT2D eigenvalue weighted by Crippen LogP contribution is -2.25. The molecule has 0 saturated carbocycles. The van der Waals surface area contributed by atoms with Gasteiger partial charge in [-0.15, -0.1) is 0 Å². The third-order valence-electron chi connectivity index (χ3n) is 6.02. The first-order valence-corrected chi connectivity index (χ1v) is 10.1. The van der Waals surface area contributed by atoms with Crippen LogP contribution in [0.5, 0.6) is 0 Å². The van der Waals surface area contributed by atoms with Crippen LogP contribution in [0.25, 0.3) is 32.9 Å². The molecule has 0 fully saturated rings. The molecule has 0 saturated heterocycles. The van der Waals surface area contributed by atoms with Crippen LogP contribution >= 0.6 is 0 Å². The van der Waals surface area contributed by atoms with Crippen molar-refractivity contribution < 1.29 is 0 Å². The summed E-state index contributed by atoms with van der Waals surface area (Å²) in [6.45, 7) is 11.6. The van der Waals surface area contributed by atoms with Crippen molar-refractivity contribution in [3.05, 3.63) is 71.5 Å². The van der Waals surface area contributed by atoms with Gasteiger partial charge in [0.05, 0.1) is 11.2 Å². The third kappa shape index (κ3) is 2.55. The Kier molecular flexibility index (Phi) is 3.49. The lowest BCUT2D eigenvalue weighted by molar-refractivity contribution is 0.411. The van der Waals surface area contributed by atoms with Gasteiger partial charge in [-0.25, -0.2) is 9.97 Å². The van der Waals surface area contributed by atoms with E-state index in [-0.39, 0.29) is 10.8 Å². The molecule has 0 N–H and O–H groups in total. The first-order chi connectivity index (χ1) is 13.2. The molecule has 0 spiro atoms. The van der Waals surface area contributed by atoms with Crippen molar-refractivity contribution in [2.45, 2.75) is 46.5 Å². The van der Waals surface area contributed by atoms with Crippen LogP contribution in [0, 0.1) is 5.41 Å². The van der Waals surface area contributed by atoms with E-state index in [0.29, 0.717) is 0 Å². The molecule has 0 amide bonds. The van der Waals surface area contributed by atoms with Gasteiger partial charge in [-0.05, 0) is 57.5 Å². The van der Waals surface area contributed by atoms with Crippen LogP contribution in [0.15, 0.2) is 54.9 Å². The molecule has 1 aliphatic rings. The van der Waals surface area contributed by atoms with Gasteiger partial charge in [0, 0.05) is 16.4 Å². The Morgan fingerprint density at radius 2 is 1.57 bits per heavy atom. The van der Waals surface area contributed by atoms with Crippen molar-refractivity contribution >= 4 is 21.7 Å². The molecule has 0 radical (unpaired) electrons. The summed E-state index contributed by atoms with van der Waals surface area (Å²) >= 11 is 0. The minimum absolute atomic E-state index is 0.0940. The second-order valence-corrected chi connectivity index (χ2v) is 9.87. The van der Waals surface area contributed by atoms with E-state index >= 15 is 0 Å². The Morgan fingerprint density at radius 1 is 0.857 bits per heavy atom. The molecule has 0 aliphatic heterocycles. The first-order valence-electron chi connectivity index (χ1n) is 10.1. The maximum Gasteiger partial charge on any atom is 0.116 e. The van der Waals surface area contributed by atoms with Gasteiger partial charge in [-0.2, -0.15) is 0 Å². The number of hydrogen-bond donors (Lipinski definition) is 0. The summed E-state index contributed by atoms with van der Waals surface area (Å²) in [7, 11) is 0. The predicted octanol–water partition coefficient (Wildman–Crippen LogP) is 6.68. The van der Waals surface area contributed by atoms with Gasteiger partial charge in [0.15, 0.2) is 0 Å². The Bertz CT molecular complexity index is 1240. The topological polar surface area (TPSA) is 25.8 Å². The quantitative estimate of drug-likeness (QED) is 0.375. The molecule has 2 heteroatoms. The van der Waals surface area contributed by atoms with E-state index in [0.717, 1.165) is 17.6 Å². The monoisotopic (exact) mass is 366 g/mol. The summed E-state index contributed by atoms with van der Waals surface area (Å²) < 4.78 is 0. The number of fused-ring (bicyclic) bond motifs is 3. The van der Waals surface area contributed by atoms with Crippen LogP contribution in [0.3, 0.4) is 0 Å². The predicted molar refractivity (Wildman–Crippen MR) is 118 cm³/mol. The van der Waals surface area contributed by atoms with Crippen LogP contribution in [-0.2, 0) is 11.8 Å². The van der Waals surface area contributed by atoms with Gasteiger partial charge in [0.2, 0.25) is 0 Å². The molecule has 1 aromatic heterocycles. The maximum atomic E-state index is 4.74. The Balaban J connectivity index is 1.87. The molecule has 1 aliphatic carbocycles. The van der Waals surface area contributed by atoms with Gasteiger partial charge in [-0.1, -0.05) is 65.0 Å². The van der Waals surface area contributed by atoms with Crippen molar-refractivity contribution in [3.63, 3.8) is 0 Å². The van der Waals surface area contributed by atoms with E-state index in [1.165, 1.54) is 38.4 Å².